The van der Waals surface area contributed by atoms with Crippen molar-refractivity contribution >= 4 is 11.3 Å². The summed E-state index contributed by atoms with van der Waals surface area (Å²) in [5.74, 6) is 1.05. The van der Waals surface area contributed by atoms with Crippen molar-refractivity contribution in [1.29, 1.82) is 0 Å². The summed E-state index contributed by atoms with van der Waals surface area (Å²) in [6.07, 6.45) is 1.95. The van der Waals surface area contributed by atoms with Crippen LogP contribution >= 0.6 is 11.3 Å². The summed E-state index contributed by atoms with van der Waals surface area (Å²) in [5.41, 5.74) is 2.36. The fraction of sp³-hybridized carbons (Fsp3) is 0.538. The quantitative estimate of drug-likeness (QED) is 0.902. The van der Waals surface area contributed by atoms with Gasteiger partial charge in [-0.1, -0.05) is 6.92 Å². The number of aromatic nitrogens is 3. The molecule has 0 saturated heterocycles. The number of hydrogen-bond acceptors (Lipinski definition) is 4. The Bertz CT molecular complexity index is 508. The molecule has 2 heterocycles. The molecule has 0 spiro atoms. The first-order chi connectivity index (χ1) is 8.61. The van der Waals surface area contributed by atoms with Gasteiger partial charge >= 0.3 is 0 Å². The topological polar surface area (TPSA) is 42.7 Å². The van der Waals surface area contributed by atoms with Crippen LogP contribution < -0.4 is 5.32 Å². The van der Waals surface area contributed by atoms with Crippen molar-refractivity contribution in [2.24, 2.45) is 0 Å². The van der Waals surface area contributed by atoms with Crippen LogP contribution in [0.2, 0.25) is 0 Å². The predicted octanol–water partition coefficient (Wildman–Crippen LogP) is 2.42. The highest BCUT2D eigenvalue weighted by atomic mass is 32.1. The third-order valence-electron chi connectivity index (χ3n) is 3.06. The average Bonchev–Trinajstić information content (AvgIpc) is 2.83. The summed E-state index contributed by atoms with van der Waals surface area (Å²) in [7, 11) is 0. The summed E-state index contributed by atoms with van der Waals surface area (Å²) in [5, 5.41) is 4.50. The van der Waals surface area contributed by atoms with Crippen molar-refractivity contribution in [3.63, 3.8) is 0 Å². The molecule has 5 heteroatoms. The van der Waals surface area contributed by atoms with Crippen molar-refractivity contribution in [2.75, 3.05) is 6.54 Å². The second-order valence-corrected chi connectivity index (χ2v) is 5.70. The van der Waals surface area contributed by atoms with Gasteiger partial charge < -0.3 is 9.88 Å². The second-order valence-electron chi connectivity index (χ2n) is 4.41. The third kappa shape index (κ3) is 2.79. The van der Waals surface area contributed by atoms with Gasteiger partial charge in [-0.25, -0.2) is 9.97 Å². The standard InChI is InChI=1S/C13H20N4S/c1-5-14-6-12-7-15-11(4)17(12)8-13-16-9(2)10(3)18-13/h7,14H,5-6,8H2,1-4H3. The molecule has 0 aliphatic heterocycles. The normalized spacial score (nSPS) is 11.1. The molecule has 0 atom stereocenters. The molecule has 0 aliphatic rings. The van der Waals surface area contributed by atoms with E-state index < -0.39 is 0 Å². The van der Waals surface area contributed by atoms with Crippen LogP contribution in [0.3, 0.4) is 0 Å². The Morgan fingerprint density at radius 1 is 1.33 bits per heavy atom. The van der Waals surface area contributed by atoms with Gasteiger partial charge in [-0.15, -0.1) is 11.3 Å². The van der Waals surface area contributed by atoms with E-state index in [-0.39, 0.29) is 0 Å². The molecule has 0 radical (unpaired) electrons. The maximum absolute atomic E-state index is 4.60. The Labute approximate surface area is 112 Å². The van der Waals surface area contributed by atoms with Crippen LogP contribution in [0.25, 0.3) is 0 Å². The van der Waals surface area contributed by atoms with Gasteiger partial charge in [-0.2, -0.15) is 0 Å². The smallest absolute Gasteiger partial charge is 0.113 e. The van der Waals surface area contributed by atoms with Gasteiger partial charge in [-0.05, 0) is 27.3 Å². The Kier molecular flexibility index (Phi) is 4.14. The molecule has 0 amide bonds. The molecule has 2 aromatic rings. The van der Waals surface area contributed by atoms with Crippen LogP contribution in [-0.4, -0.2) is 21.1 Å². The van der Waals surface area contributed by atoms with E-state index in [0.717, 1.165) is 36.2 Å². The lowest BCUT2D eigenvalue weighted by Crippen LogP contribution is -2.16. The van der Waals surface area contributed by atoms with E-state index in [2.05, 4.69) is 40.6 Å². The SMILES string of the molecule is CCNCc1cnc(C)n1Cc1nc(C)c(C)s1. The zero-order valence-corrected chi connectivity index (χ0v) is 12.3. The molecule has 4 nitrogen and oxygen atoms in total. The third-order valence-corrected chi connectivity index (χ3v) is 4.12. The second kappa shape index (κ2) is 5.63. The molecular formula is C13H20N4S. The molecule has 0 saturated carbocycles. The highest BCUT2D eigenvalue weighted by Gasteiger charge is 2.10. The first-order valence-corrected chi connectivity index (χ1v) is 7.08. The molecule has 0 aromatic carbocycles. The molecular weight excluding hydrogens is 244 g/mol. The molecule has 18 heavy (non-hydrogen) atoms. The fourth-order valence-corrected chi connectivity index (χ4v) is 2.79. The Morgan fingerprint density at radius 3 is 2.72 bits per heavy atom. The maximum Gasteiger partial charge on any atom is 0.113 e. The first-order valence-electron chi connectivity index (χ1n) is 6.26. The van der Waals surface area contributed by atoms with Crippen LogP contribution in [0.5, 0.6) is 0 Å². The van der Waals surface area contributed by atoms with Gasteiger partial charge in [0, 0.05) is 17.6 Å². The van der Waals surface area contributed by atoms with E-state index in [1.54, 1.807) is 11.3 Å². The minimum atomic E-state index is 0.825. The number of rotatable bonds is 5. The van der Waals surface area contributed by atoms with Crippen LogP contribution in [-0.2, 0) is 13.1 Å². The van der Waals surface area contributed by atoms with E-state index in [4.69, 9.17) is 0 Å². The molecule has 2 aromatic heterocycles. The molecule has 0 bridgehead atoms. The van der Waals surface area contributed by atoms with Gasteiger partial charge in [0.2, 0.25) is 0 Å². The fourth-order valence-electron chi connectivity index (χ4n) is 1.87. The van der Waals surface area contributed by atoms with Crippen molar-refractivity contribution in [3.8, 4) is 0 Å². The molecule has 98 valence electrons. The number of imidazole rings is 1. The van der Waals surface area contributed by atoms with Crippen molar-refractivity contribution in [3.05, 3.63) is 33.3 Å². The Hall–Kier alpha value is -1.20. The number of aryl methyl sites for hydroxylation is 3. The summed E-state index contributed by atoms with van der Waals surface area (Å²) in [6.45, 7) is 11.0. The maximum atomic E-state index is 4.60. The first kappa shape index (κ1) is 13.2. The zero-order valence-electron chi connectivity index (χ0n) is 11.4. The van der Waals surface area contributed by atoms with E-state index in [1.165, 1.54) is 10.6 Å². The van der Waals surface area contributed by atoms with Gasteiger partial charge in [0.1, 0.15) is 10.8 Å². The lowest BCUT2D eigenvalue weighted by Gasteiger charge is -2.08. The van der Waals surface area contributed by atoms with Crippen LogP contribution in [0, 0.1) is 20.8 Å². The van der Waals surface area contributed by atoms with Gasteiger partial charge in [0.05, 0.1) is 17.9 Å². The Balaban J connectivity index is 2.19. The number of nitrogens with zero attached hydrogens (tertiary/aromatic N) is 3. The lowest BCUT2D eigenvalue weighted by atomic mass is 10.4. The molecule has 0 fully saturated rings. The van der Waals surface area contributed by atoms with Gasteiger partial charge in [0.25, 0.3) is 0 Å². The van der Waals surface area contributed by atoms with Crippen molar-refractivity contribution in [1.82, 2.24) is 19.9 Å². The monoisotopic (exact) mass is 264 g/mol. The van der Waals surface area contributed by atoms with E-state index in [0.29, 0.717) is 0 Å². The number of nitrogens with one attached hydrogen (secondary N) is 1. The van der Waals surface area contributed by atoms with Crippen LogP contribution in [0.4, 0.5) is 0 Å². The molecule has 0 aliphatic carbocycles. The lowest BCUT2D eigenvalue weighted by molar-refractivity contribution is 0.645. The van der Waals surface area contributed by atoms with Crippen molar-refractivity contribution < 1.29 is 0 Å². The minimum Gasteiger partial charge on any atom is -0.324 e. The summed E-state index contributed by atoms with van der Waals surface area (Å²) < 4.78 is 2.24. The van der Waals surface area contributed by atoms with Gasteiger partial charge in [-0.3, -0.25) is 0 Å². The zero-order chi connectivity index (χ0) is 13.1. The van der Waals surface area contributed by atoms with Crippen molar-refractivity contribution in [2.45, 2.75) is 40.8 Å². The predicted molar refractivity (Wildman–Crippen MR) is 75.0 cm³/mol. The summed E-state index contributed by atoms with van der Waals surface area (Å²) in [4.78, 5) is 10.3. The minimum absolute atomic E-state index is 0.825. The highest BCUT2D eigenvalue weighted by molar-refractivity contribution is 7.11. The number of hydrogen-bond donors (Lipinski definition) is 1. The van der Waals surface area contributed by atoms with Gasteiger partial charge in [0.15, 0.2) is 0 Å². The Morgan fingerprint density at radius 2 is 2.11 bits per heavy atom. The van der Waals surface area contributed by atoms with E-state index in [1.807, 2.05) is 13.1 Å². The molecule has 0 unspecified atom stereocenters. The number of thiazole rings is 1. The van der Waals surface area contributed by atoms with Crippen LogP contribution in [0.1, 0.15) is 34.0 Å². The molecule has 2 rings (SSSR count). The largest absolute Gasteiger partial charge is 0.324 e. The molecule has 1 N–H and O–H groups in total. The average molecular weight is 264 g/mol. The highest BCUT2D eigenvalue weighted by Crippen LogP contribution is 2.18. The summed E-state index contributed by atoms with van der Waals surface area (Å²) in [6, 6.07) is 0. The van der Waals surface area contributed by atoms with Crippen LogP contribution in [0.15, 0.2) is 6.20 Å². The van der Waals surface area contributed by atoms with E-state index >= 15 is 0 Å². The summed E-state index contributed by atoms with van der Waals surface area (Å²) >= 11 is 1.77. The van der Waals surface area contributed by atoms with E-state index in [9.17, 15) is 0 Å².